The topological polar surface area (TPSA) is 0 Å². The summed E-state index contributed by atoms with van der Waals surface area (Å²) >= 11 is 0. The zero-order valence-electron chi connectivity index (χ0n) is 52.0. The molecule has 0 aliphatic heterocycles. The molecule has 0 aromatic heterocycles. The Labute approximate surface area is 461 Å². The monoisotopic (exact) mass is 1010 g/mol. The summed E-state index contributed by atoms with van der Waals surface area (Å²) < 4.78 is 0. The highest BCUT2D eigenvalue weighted by molar-refractivity contribution is 4.79. The molecular formula is C72H146. The first kappa shape index (κ1) is 72.0. The SMILES string of the molecule is CCCCCCCCCCCCCCCCCCC(CCCCCCCCCCCCCCCC)CC(C)(CCCCCCCCCCCCCCCC)CCCCCCCCCCCCCCCCCC. The molecule has 0 aromatic carbocycles. The Morgan fingerprint density at radius 1 is 0.181 bits per heavy atom. The summed E-state index contributed by atoms with van der Waals surface area (Å²) in [6, 6.07) is 0. The van der Waals surface area contributed by atoms with Crippen molar-refractivity contribution in [2.45, 2.75) is 452 Å². The van der Waals surface area contributed by atoms with E-state index in [-0.39, 0.29) is 0 Å². The summed E-state index contributed by atoms with van der Waals surface area (Å²) in [5.74, 6) is 0.978. The van der Waals surface area contributed by atoms with Gasteiger partial charge in [0.2, 0.25) is 0 Å². The van der Waals surface area contributed by atoms with Crippen LogP contribution in [0, 0.1) is 11.3 Å². The van der Waals surface area contributed by atoms with Crippen molar-refractivity contribution in [3.05, 3.63) is 0 Å². The molecule has 0 saturated carbocycles. The fourth-order valence-electron chi connectivity index (χ4n) is 12.8. The van der Waals surface area contributed by atoms with Crippen LogP contribution in [0.2, 0.25) is 0 Å². The van der Waals surface area contributed by atoms with Crippen molar-refractivity contribution in [1.82, 2.24) is 0 Å². The fraction of sp³-hybridized carbons (Fsp3) is 1.00. The van der Waals surface area contributed by atoms with Crippen LogP contribution in [0.15, 0.2) is 0 Å². The fourth-order valence-corrected chi connectivity index (χ4v) is 12.8. The van der Waals surface area contributed by atoms with E-state index < -0.39 is 0 Å². The van der Waals surface area contributed by atoms with Gasteiger partial charge in [0.1, 0.15) is 0 Å². The van der Waals surface area contributed by atoms with E-state index in [0.717, 1.165) is 5.92 Å². The van der Waals surface area contributed by atoms with Crippen LogP contribution in [0.3, 0.4) is 0 Å². The maximum atomic E-state index is 2.80. The van der Waals surface area contributed by atoms with Crippen LogP contribution < -0.4 is 0 Å². The van der Waals surface area contributed by atoms with Crippen LogP contribution >= 0.6 is 0 Å². The molecule has 0 fully saturated rings. The summed E-state index contributed by atoms with van der Waals surface area (Å²) in [6.07, 6.45) is 96.4. The largest absolute Gasteiger partial charge is 0.0654 e. The summed E-state index contributed by atoms with van der Waals surface area (Å²) in [5, 5.41) is 0. The standard InChI is InChI=1S/C72H146/c1-6-10-14-18-22-26-30-34-38-40-43-47-51-55-59-63-67-71(66-62-58-54-50-46-42-36-32-28-24-20-16-12-8-3)70-72(5,68-64-60-56-52-48-44-37-33-29-25-21-17-13-9-4)69-65-61-57-53-49-45-41-39-35-31-27-23-19-15-11-7-2/h71H,6-70H2,1-5H3. The average molecular weight is 1010 g/mol. The van der Waals surface area contributed by atoms with Gasteiger partial charge in [0, 0.05) is 0 Å². The van der Waals surface area contributed by atoms with Gasteiger partial charge in [0.15, 0.2) is 0 Å². The van der Waals surface area contributed by atoms with Crippen molar-refractivity contribution >= 4 is 0 Å². The second kappa shape index (κ2) is 63.5. The molecule has 72 heavy (non-hydrogen) atoms. The molecule has 0 heterocycles. The number of hydrogen-bond acceptors (Lipinski definition) is 0. The third kappa shape index (κ3) is 59.2. The first-order valence-electron chi connectivity index (χ1n) is 35.6. The average Bonchev–Trinajstić information content (AvgIpc) is 3.38. The molecule has 0 saturated heterocycles. The van der Waals surface area contributed by atoms with Crippen LogP contribution in [-0.4, -0.2) is 0 Å². The van der Waals surface area contributed by atoms with Crippen LogP contribution in [0.5, 0.6) is 0 Å². The van der Waals surface area contributed by atoms with Gasteiger partial charge in [0.25, 0.3) is 0 Å². The molecule has 0 heteroatoms. The minimum absolute atomic E-state index is 0.572. The molecule has 2 unspecified atom stereocenters. The molecule has 0 rings (SSSR count). The molecule has 0 bridgehead atoms. The lowest BCUT2D eigenvalue weighted by Gasteiger charge is -2.34. The molecule has 0 nitrogen and oxygen atoms in total. The van der Waals surface area contributed by atoms with E-state index in [0.29, 0.717) is 5.41 Å². The Balaban J connectivity index is 4.98. The molecular weight excluding hydrogens is 865 g/mol. The van der Waals surface area contributed by atoms with Gasteiger partial charge in [-0.3, -0.25) is 0 Å². The number of rotatable bonds is 66. The van der Waals surface area contributed by atoms with E-state index in [1.165, 1.54) is 411 Å². The number of unbranched alkanes of at least 4 members (excludes halogenated alkanes) is 56. The molecule has 0 aliphatic carbocycles. The lowest BCUT2D eigenvalue weighted by atomic mass is 9.71. The third-order valence-corrected chi connectivity index (χ3v) is 18.0. The molecule has 0 N–H and O–H groups in total. The predicted octanol–water partition coefficient (Wildman–Crippen LogP) is 28.0. The van der Waals surface area contributed by atoms with Crippen LogP contribution in [0.25, 0.3) is 0 Å². The minimum Gasteiger partial charge on any atom is -0.0654 e. The Morgan fingerprint density at radius 3 is 0.486 bits per heavy atom. The third-order valence-electron chi connectivity index (χ3n) is 18.0. The number of hydrogen-bond donors (Lipinski definition) is 0. The molecule has 434 valence electrons. The summed E-state index contributed by atoms with van der Waals surface area (Å²) in [7, 11) is 0. The molecule has 0 radical (unpaired) electrons. The highest BCUT2D eigenvalue weighted by atomic mass is 14.3. The Kier molecular flexibility index (Phi) is 63.5. The summed E-state index contributed by atoms with van der Waals surface area (Å²) in [4.78, 5) is 0. The summed E-state index contributed by atoms with van der Waals surface area (Å²) in [6.45, 7) is 12.1. The van der Waals surface area contributed by atoms with Crippen molar-refractivity contribution in [2.75, 3.05) is 0 Å². The smallest absolute Gasteiger partial charge is 0.0323 e. The van der Waals surface area contributed by atoms with Crippen LogP contribution in [-0.2, 0) is 0 Å². The van der Waals surface area contributed by atoms with Gasteiger partial charge in [-0.05, 0) is 30.6 Å². The van der Waals surface area contributed by atoms with E-state index in [4.69, 9.17) is 0 Å². The second-order valence-electron chi connectivity index (χ2n) is 25.8. The second-order valence-corrected chi connectivity index (χ2v) is 25.8. The maximum Gasteiger partial charge on any atom is -0.0323 e. The van der Waals surface area contributed by atoms with Gasteiger partial charge in [-0.2, -0.15) is 0 Å². The normalized spacial score (nSPS) is 13.1. The van der Waals surface area contributed by atoms with Crippen molar-refractivity contribution in [3.8, 4) is 0 Å². The first-order valence-corrected chi connectivity index (χ1v) is 35.6. The Bertz CT molecular complexity index is 919. The van der Waals surface area contributed by atoms with E-state index in [1.54, 1.807) is 6.42 Å². The highest BCUT2D eigenvalue weighted by Crippen LogP contribution is 2.41. The van der Waals surface area contributed by atoms with E-state index in [1.807, 2.05) is 0 Å². The van der Waals surface area contributed by atoms with Crippen molar-refractivity contribution in [3.63, 3.8) is 0 Å². The van der Waals surface area contributed by atoms with E-state index >= 15 is 0 Å². The quantitative estimate of drug-likeness (QED) is 0.0533. The molecule has 0 spiro atoms. The lowest BCUT2D eigenvalue weighted by molar-refractivity contribution is 0.175. The van der Waals surface area contributed by atoms with Gasteiger partial charge >= 0.3 is 0 Å². The van der Waals surface area contributed by atoms with Crippen LogP contribution in [0.1, 0.15) is 452 Å². The highest BCUT2D eigenvalue weighted by Gasteiger charge is 2.27. The van der Waals surface area contributed by atoms with Gasteiger partial charge in [-0.25, -0.2) is 0 Å². The Morgan fingerprint density at radius 2 is 0.319 bits per heavy atom. The Hall–Kier alpha value is 0. The molecule has 0 aliphatic rings. The molecule has 2 atom stereocenters. The van der Waals surface area contributed by atoms with E-state index in [9.17, 15) is 0 Å². The molecule has 0 aromatic rings. The van der Waals surface area contributed by atoms with E-state index in [2.05, 4.69) is 34.6 Å². The first-order chi connectivity index (χ1) is 35.6. The van der Waals surface area contributed by atoms with Crippen molar-refractivity contribution in [1.29, 1.82) is 0 Å². The van der Waals surface area contributed by atoms with Crippen LogP contribution in [0.4, 0.5) is 0 Å². The predicted molar refractivity (Wildman–Crippen MR) is 334 cm³/mol. The lowest BCUT2D eigenvalue weighted by Crippen LogP contribution is -2.21. The minimum atomic E-state index is 0.572. The van der Waals surface area contributed by atoms with Gasteiger partial charge in [-0.15, -0.1) is 0 Å². The zero-order valence-corrected chi connectivity index (χ0v) is 52.0. The van der Waals surface area contributed by atoms with Crippen molar-refractivity contribution < 1.29 is 0 Å². The van der Waals surface area contributed by atoms with Gasteiger partial charge < -0.3 is 0 Å². The van der Waals surface area contributed by atoms with Gasteiger partial charge in [0.05, 0.1) is 0 Å². The van der Waals surface area contributed by atoms with Gasteiger partial charge in [-0.1, -0.05) is 433 Å². The zero-order chi connectivity index (χ0) is 52.0. The molecule has 0 amide bonds. The summed E-state index contributed by atoms with van der Waals surface area (Å²) in [5.41, 5.74) is 0.572. The maximum absolute atomic E-state index is 2.80. The van der Waals surface area contributed by atoms with Crippen molar-refractivity contribution in [2.24, 2.45) is 11.3 Å².